The van der Waals surface area contributed by atoms with Gasteiger partial charge in [0.25, 0.3) is 0 Å². The SMILES string of the molecule is COC(=O)CCCCOC1OC(Cn2cc(-c3cccc(OC)c3)nn2)C(C)C(C)C1C. The average molecular weight is 446 g/mol. The van der Waals surface area contributed by atoms with Crippen molar-refractivity contribution in [3.63, 3.8) is 0 Å². The van der Waals surface area contributed by atoms with Gasteiger partial charge in [-0.25, -0.2) is 4.68 Å². The highest BCUT2D eigenvalue weighted by atomic mass is 16.7. The highest BCUT2D eigenvalue weighted by Crippen LogP contribution is 2.36. The van der Waals surface area contributed by atoms with E-state index in [-0.39, 0.29) is 24.3 Å². The number of hydrogen-bond acceptors (Lipinski definition) is 7. The summed E-state index contributed by atoms with van der Waals surface area (Å²) < 4.78 is 24.2. The summed E-state index contributed by atoms with van der Waals surface area (Å²) in [6, 6.07) is 7.78. The third kappa shape index (κ3) is 6.07. The van der Waals surface area contributed by atoms with E-state index in [1.54, 1.807) is 7.11 Å². The number of esters is 1. The van der Waals surface area contributed by atoms with Gasteiger partial charge in [0.1, 0.15) is 11.4 Å². The molecule has 176 valence electrons. The summed E-state index contributed by atoms with van der Waals surface area (Å²) in [5, 5.41) is 8.65. The Morgan fingerprint density at radius 1 is 1.12 bits per heavy atom. The number of nitrogens with zero attached hydrogens (tertiary/aromatic N) is 3. The van der Waals surface area contributed by atoms with Crippen LogP contribution in [0.3, 0.4) is 0 Å². The molecule has 3 rings (SSSR count). The van der Waals surface area contributed by atoms with Gasteiger partial charge in [0.05, 0.1) is 33.1 Å². The molecule has 2 aromatic rings. The molecule has 32 heavy (non-hydrogen) atoms. The third-order valence-corrected chi connectivity index (χ3v) is 6.54. The predicted octanol–water partition coefficient (Wildman–Crippen LogP) is 3.95. The van der Waals surface area contributed by atoms with Crippen molar-refractivity contribution in [1.29, 1.82) is 0 Å². The Morgan fingerprint density at radius 3 is 2.69 bits per heavy atom. The second-order valence-corrected chi connectivity index (χ2v) is 8.58. The molecule has 1 aliphatic heterocycles. The molecular weight excluding hydrogens is 410 g/mol. The van der Waals surface area contributed by atoms with E-state index in [1.165, 1.54) is 7.11 Å². The van der Waals surface area contributed by atoms with Gasteiger partial charge < -0.3 is 18.9 Å². The molecule has 5 unspecified atom stereocenters. The number of aromatic nitrogens is 3. The van der Waals surface area contributed by atoms with Crippen molar-refractivity contribution in [3.8, 4) is 17.0 Å². The average Bonchev–Trinajstić information content (AvgIpc) is 3.28. The van der Waals surface area contributed by atoms with Crippen molar-refractivity contribution in [2.45, 2.75) is 59.0 Å². The predicted molar refractivity (Wildman–Crippen MR) is 120 cm³/mol. The number of unbranched alkanes of at least 4 members (excludes halogenated alkanes) is 1. The Balaban J connectivity index is 1.58. The van der Waals surface area contributed by atoms with Gasteiger partial charge in [0, 0.05) is 24.5 Å². The van der Waals surface area contributed by atoms with Crippen LogP contribution >= 0.6 is 0 Å². The van der Waals surface area contributed by atoms with Crippen LogP contribution in [0.4, 0.5) is 0 Å². The molecule has 8 heteroatoms. The van der Waals surface area contributed by atoms with Crippen molar-refractivity contribution in [2.75, 3.05) is 20.8 Å². The van der Waals surface area contributed by atoms with Gasteiger partial charge >= 0.3 is 5.97 Å². The number of benzene rings is 1. The van der Waals surface area contributed by atoms with E-state index in [0.717, 1.165) is 29.8 Å². The van der Waals surface area contributed by atoms with Crippen molar-refractivity contribution in [2.24, 2.45) is 17.8 Å². The summed E-state index contributed by atoms with van der Waals surface area (Å²) in [5.74, 6) is 1.68. The molecular formula is C24H35N3O5. The van der Waals surface area contributed by atoms with Crippen LogP contribution in [0.2, 0.25) is 0 Å². The summed E-state index contributed by atoms with van der Waals surface area (Å²) >= 11 is 0. The van der Waals surface area contributed by atoms with Gasteiger partial charge in [-0.05, 0) is 36.8 Å². The lowest BCUT2D eigenvalue weighted by atomic mass is 9.79. The van der Waals surface area contributed by atoms with Crippen LogP contribution in [0.5, 0.6) is 5.75 Å². The van der Waals surface area contributed by atoms with Crippen molar-refractivity contribution < 1.29 is 23.7 Å². The minimum atomic E-state index is -0.272. The maximum atomic E-state index is 11.2. The molecule has 0 radical (unpaired) electrons. The molecule has 2 heterocycles. The van der Waals surface area contributed by atoms with Crippen molar-refractivity contribution in [1.82, 2.24) is 15.0 Å². The fourth-order valence-corrected chi connectivity index (χ4v) is 4.05. The largest absolute Gasteiger partial charge is 0.497 e. The number of hydrogen-bond donors (Lipinski definition) is 0. The lowest BCUT2D eigenvalue weighted by molar-refractivity contribution is -0.251. The fourth-order valence-electron chi connectivity index (χ4n) is 4.05. The van der Waals surface area contributed by atoms with E-state index in [9.17, 15) is 4.79 Å². The summed E-state index contributed by atoms with van der Waals surface area (Å²) in [6.07, 6.45) is 3.60. The van der Waals surface area contributed by atoms with Gasteiger partial charge in [-0.1, -0.05) is 38.1 Å². The van der Waals surface area contributed by atoms with Crippen LogP contribution < -0.4 is 4.74 Å². The second-order valence-electron chi connectivity index (χ2n) is 8.58. The molecule has 0 saturated carbocycles. The molecule has 5 atom stereocenters. The zero-order chi connectivity index (χ0) is 23.1. The maximum Gasteiger partial charge on any atom is 0.305 e. The van der Waals surface area contributed by atoms with E-state index < -0.39 is 0 Å². The molecule has 0 amide bonds. The quantitative estimate of drug-likeness (QED) is 0.404. The molecule has 1 fully saturated rings. The van der Waals surface area contributed by atoms with Crippen LogP contribution in [-0.2, 0) is 25.5 Å². The van der Waals surface area contributed by atoms with Crippen LogP contribution in [-0.4, -0.2) is 54.2 Å². The Kier molecular flexibility index (Phi) is 8.64. The third-order valence-electron chi connectivity index (χ3n) is 6.54. The van der Waals surface area contributed by atoms with Gasteiger partial charge in [0.15, 0.2) is 6.29 Å². The lowest BCUT2D eigenvalue weighted by Gasteiger charge is -2.43. The number of rotatable bonds is 10. The molecule has 0 spiro atoms. The molecule has 8 nitrogen and oxygen atoms in total. The highest BCUT2D eigenvalue weighted by molar-refractivity contribution is 5.68. The molecule has 1 aliphatic rings. The van der Waals surface area contributed by atoms with Crippen molar-refractivity contribution >= 4 is 5.97 Å². The summed E-state index contributed by atoms with van der Waals surface area (Å²) in [7, 11) is 3.06. The molecule has 1 aromatic heterocycles. The first-order chi connectivity index (χ1) is 15.4. The smallest absolute Gasteiger partial charge is 0.305 e. The Bertz CT molecular complexity index is 871. The van der Waals surface area contributed by atoms with Crippen LogP contribution in [0.25, 0.3) is 11.3 Å². The molecule has 0 N–H and O–H groups in total. The zero-order valence-corrected chi connectivity index (χ0v) is 19.7. The first-order valence-electron chi connectivity index (χ1n) is 11.3. The van der Waals surface area contributed by atoms with Gasteiger partial charge in [0.2, 0.25) is 0 Å². The van der Waals surface area contributed by atoms with Crippen LogP contribution in [0, 0.1) is 17.8 Å². The zero-order valence-electron chi connectivity index (χ0n) is 19.7. The number of ether oxygens (including phenoxy) is 4. The number of carbonyl (C=O) groups is 1. The minimum Gasteiger partial charge on any atom is -0.497 e. The summed E-state index contributed by atoms with van der Waals surface area (Å²) in [4.78, 5) is 11.2. The first-order valence-corrected chi connectivity index (χ1v) is 11.3. The Labute approximate surface area is 190 Å². The fraction of sp³-hybridized carbons (Fsp3) is 0.625. The van der Waals surface area contributed by atoms with Crippen LogP contribution in [0.1, 0.15) is 40.0 Å². The monoisotopic (exact) mass is 445 g/mol. The topological polar surface area (TPSA) is 84.7 Å². The van der Waals surface area contributed by atoms with E-state index >= 15 is 0 Å². The van der Waals surface area contributed by atoms with Gasteiger partial charge in [-0.15, -0.1) is 5.10 Å². The molecule has 0 bridgehead atoms. The van der Waals surface area contributed by atoms with E-state index in [0.29, 0.717) is 31.4 Å². The molecule has 1 saturated heterocycles. The normalized spacial score (nSPS) is 25.5. The number of carbonyl (C=O) groups excluding carboxylic acids is 1. The van der Waals surface area contributed by atoms with Crippen LogP contribution in [0.15, 0.2) is 30.5 Å². The van der Waals surface area contributed by atoms with E-state index in [1.807, 2.05) is 35.1 Å². The summed E-state index contributed by atoms with van der Waals surface area (Å²) in [5.41, 5.74) is 1.76. The first kappa shape index (κ1) is 24.2. The molecule has 1 aromatic carbocycles. The van der Waals surface area contributed by atoms with Gasteiger partial charge in [-0.2, -0.15) is 0 Å². The molecule has 0 aliphatic carbocycles. The minimum absolute atomic E-state index is 0.0267. The summed E-state index contributed by atoms with van der Waals surface area (Å²) in [6.45, 7) is 7.81. The van der Waals surface area contributed by atoms with E-state index in [2.05, 4.69) is 35.8 Å². The standard InChI is InChI=1S/C24H35N3O5/c1-16-17(2)22(32-24(18(16)3)31-12-7-6-11-23(28)30-5)15-27-14-21(25-26-27)19-9-8-10-20(13-19)29-4/h8-10,13-14,16-18,22,24H,6-7,11-12,15H2,1-5H3. The van der Waals surface area contributed by atoms with Gasteiger partial charge in [-0.3, -0.25) is 4.79 Å². The Morgan fingerprint density at radius 2 is 1.94 bits per heavy atom. The maximum absolute atomic E-state index is 11.2. The van der Waals surface area contributed by atoms with E-state index in [4.69, 9.17) is 14.2 Å². The number of methoxy groups -OCH3 is 2. The second kappa shape index (κ2) is 11.4. The van der Waals surface area contributed by atoms with Crippen molar-refractivity contribution in [3.05, 3.63) is 30.5 Å². The highest BCUT2D eigenvalue weighted by Gasteiger charge is 2.39. The Hall–Kier alpha value is -2.45. The lowest BCUT2D eigenvalue weighted by Crippen LogP contribution is -2.47.